The van der Waals surface area contributed by atoms with Crippen LogP contribution in [0.1, 0.15) is 39.2 Å². The highest BCUT2D eigenvalue weighted by Gasteiger charge is 2.31. The number of nitrogens with one attached hydrogen (secondary N) is 1. The van der Waals surface area contributed by atoms with Crippen LogP contribution in [0.5, 0.6) is 0 Å². The highest BCUT2D eigenvalue weighted by molar-refractivity contribution is 5.49. The molecule has 0 radical (unpaired) electrons. The van der Waals surface area contributed by atoms with Gasteiger partial charge in [-0.1, -0.05) is 0 Å². The van der Waals surface area contributed by atoms with Gasteiger partial charge in [0.25, 0.3) is 0 Å². The van der Waals surface area contributed by atoms with E-state index in [-0.39, 0.29) is 11.4 Å². The number of hydrogen-bond donors (Lipinski definition) is 1. The van der Waals surface area contributed by atoms with Gasteiger partial charge in [0, 0.05) is 37.3 Å². The molecule has 1 fully saturated rings. The van der Waals surface area contributed by atoms with Crippen LogP contribution in [0.3, 0.4) is 0 Å². The molecule has 0 atom stereocenters. The van der Waals surface area contributed by atoms with Crippen molar-refractivity contribution in [3.63, 3.8) is 0 Å². The summed E-state index contributed by atoms with van der Waals surface area (Å²) in [6, 6.07) is 2.11. The molecule has 0 amide bonds. The van der Waals surface area contributed by atoms with Crippen molar-refractivity contribution in [3.05, 3.63) is 23.6 Å². The minimum atomic E-state index is -0.285. The van der Waals surface area contributed by atoms with Crippen LogP contribution in [-0.4, -0.2) is 36.8 Å². The Morgan fingerprint density at radius 3 is 2.71 bits per heavy atom. The Bertz CT molecular complexity index is 469. The Hall–Kier alpha value is -1.20. The molecule has 2 rings (SSSR count). The van der Waals surface area contributed by atoms with Crippen LogP contribution in [0.15, 0.2) is 12.3 Å². The number of ether oxygens (including phenoxy) is 1. The maximum Gasteiger partial charge on any atom is 0.141 e. The lowest BCUT2D eigenvalue weighted by Gasteiger charge is -2.27. The third kappa shape index (κ3) is 4.93. The van der Waals surface area contributed by atoms with Gasteiger partial charge < -0.3 is 15.0 Å². The lowest BCUT2D eigenvalue weighted by atomic mass is 10.1. The zero-order valence-corrected chi connectivity index (χ0v) is 13.4. The van der Waals surface area contributed by atoms with Gasteiger partial charge in [-0.25, -0.2) is 9.37 Å². The van der Waals surface area contributed by atoms with E-state index in [1.807, 2.05) is 0 Å². The van der Waals surface area contributed by atoms with Crippen molar-refractivity contribution >= 4 is 5.82 Å². The number of nitrogens with zero attached hydrogens (tertiary/aromatic N) is 2. The van der Waals surface area contributed by atoms with Crippen molar-refractivity contribution in [2.24, 2.45) is 0 Å². The van der Waals surface area contributed by atoms with Gasteiger partial charge in [0.05, 0.1) is 12.8 Å². The Balaban J connectivity index is 2.19. The number of methoxy groups -OCH3 is 1. The van der Waals surface area contributed by atoms with Crippen LogP contribution < -0.4 is 10.2 Å². The summed E-state index contributed by atoms with van der Waals surface area (Å²) in [5.74, 6) is 0.597. The molecule has 1 heterocycles. The highest BCUT2D eigenvalue weighted by atomic mass is 19.1. The second kappa shape index (κ2) is 6.71. The summed E-state index contributed by atoms with van der Waals surface area (Å²) >= 11 is 0. The fraction of sp³-hybridized carbons (Fsp3) is 0.688. The standard InChI is InChI=1S/C16H26FN3O/c1-16(2,3)19-10-12-9-13(17)11-18-15(12)20(7-8-21-4)14-5-6-14/h9,11,14,19H,5-8,10H2,1-4H3. The second-order valence-corrected chi connectivity index (χ2v) is 6.66. The van der Waals surface area contributed by atoms with Crippen LogP contribution in [0.4, 0.5) is 10.2 Å². The zero-order chi connectivity index (χ0) is 15.5. The van der Waals surface area contributed by atoms with Crippen molar-refractivity contribution in [3.8, 4) is 0 Å². The summed E-state index contributed by atoms with van der Waals surface area (Å²) in [7, 11) is 1.70. The summed E-state index contributed by atoms with van der Waals surface area (Å²) in [6.45, 7) is 8.36. The van der Waals surface area contributed by atoms with Crippen molar-refractivity contribution in [2.45, 2.75) is 51.7 Å². The minimum absolute atomic E-state index is 0.0134. The molecule has 1 saturated carbocycles. The SMILES string of the molecule is COCCN(c1ncc(F)cc1CNC(C)(C)C)C1CC1. The Morgan fingerprint density at radius 2 is 2.14 bits per heavy atom. The van der Waals surface area contributed by atoms with E-state index >= 15 is 0 Å². The summed E-state index contributed by atoms with van der Waals surface area (Å²) in [5.41, 5.74) is 0.897. The molecule has 1 aliphatic rings. The van der Waals surface area contributed by atoms with Crippen LogP contribution >= 0.6 is 0 Å². The molecule has 1 aromatic heterocycles. The molecule has 0 aromatic carbocycles. The maximum absolute atomic E-state index is 13.6. The first-order chi connectivity index (χ1) is 9.90. The average Bonchev–Trinajstić information content (AvgIpc) is 3.22. The molecule has 21 heavy (non-hydrogen) atoms. The summed E-state index contributed by atoms with van der Waals surface area (Å²) in [5, 5.41) is 3.41. The number of halogens is 1. The van der Waals surface area contributed by atoms with E-state index in [2.05, 4.69) is 36.0 Å². The summed E-state index contributed by atoms with van der Waals surface area (Å²) < 4.78 is 18.8. The van der Waals surface area contributed by atoms with Crippen LogP contribution in [0.25, 0.3) is 0 Å². The van der Waals surface area contributed by atoms with Crippen LogP contribution in [0, 0.1) is 5.82 Å². The van der Waals surface area contributed by atoms with Gasteiger partial charge in [-0.05, 0) is 39.7 Å². The largest absolute Gasteiger partial charge is 0.383 e. The smallest absolute Gasteiger partial charge is 0.141 e. The van der Waals surface area contributed by atoms with Gasteiger partial charge in [0.15, 0.2) is 0 Å². The molecule has 0 bridgehead atoms. The van der Waals surface area contributed by atoms with Crippen LogP contribution in [0.2, 0.25) is 0 Å². The van der Waals surface area contributed by atoms with E-state index in [4.69, 9.17) is 4.74 Å². The first kappa shape index (κ1) is 16.2. The monoisotopic (exact) mass is 295 g/mol. The Kier molecular flexibility index (Phi) is 5.17. The number of anilines is 1. The molecule has 118 valence electrons. The fourth-order valence-corrected chi connectivity index (χ4v) is 2.26. The summed E-state index contributed by atoms with van der Waals surface area (Å²) in [4.78, 5) is 6.60. The maximum atomic E-state index is 13.6. The lowest BCUT2D eigenvalue weighted by molar-refractivity contribution is 0.204. The zero-order valence-electron chi connectivity index (χ0n) is 13.4. The van der Waals surface area contributed by atoms with E-state index in [1.54, 1.807) is 13.2 Å². The van der Waals surface area contributed by atoms with Gasteiger partial charge in [-0.3, -0.25) is 0 Å². The Morgan fingerprint density at radius 1 is 1.43 bits per heavy atom. The lowest BCUT2D eigenvalue weighted by Crippen LogP contribution is -2.37. The predicted octanol–water partition coefficient (Wildman–Crippen LogP) is 2.72. The molecule has 0 spiro atoms. The van der Waals surface area contributed by atoms with E-state index in [0.717, 1.165) is 17.9 Å². The molecule has 0 unspecified atom stereocenters. The average molecular weight is 295 g/mol. The van der Waals surface area contributed by atoms with Crippen molar-refractivity contribution in [2.75, 3.05) is 25.2 Å². The molecule has 1 N–H and O–H groups in total. The molecular weight excluding hydrogens is 269 g/mol. The Labute approximate surface area is 126 Å². The molecule has 1 aliphatic carbocycles. The van der Waals surface area contributed by atoms with Crippen LogP contribution in [-0.2, 0) is 11.3 Å². The predicted molar refractivity (Wildman–Crippen MR) is 83.0 cm³/mol. The topological polar surface area (TPSA) is 37.4 Å². The minimum Gasteiger partial charge on any atom is -0.383 e. The molecular formula is C16H26FN3O. The third-order valence-corrected chi connectivity index (χ3v) is 3.51. The molecule has 0 saturated heterocycles. The van der Waals surface area contributed by atoms with Crippen molar-refractivity contribution in [1.29, 1.82) is 0 Å². The molecule has 4 nitrogen and oxygen atoms in total. The first-order valence-corrected chi connectivity index (χ1v) is 7.56. The first-order valence-electron chi connectivity index (χ1n) is 7.56. The number of pyridine rings is 1. The highest BCUT2D eigenvalue weighted by Crippen LogP contribution is 2.32. The molecule has 1 aromatic rings. The van der Waals surface area contributed by atoms with Gasteiger partial charge in [0.1, 0.15) is 11.6 Å². The molecule has 0 aliphatic heterocycles. The second-order valence-electron chi connectivity index (χ2n) is 6.66. The van der Waals surface area contributed by atoms with Gasteiger partial charge >= 0.3 is 0 Å². The van der Waals surface area contributed by atoms with E-state index < -0.39 is 0 Å². The summed E-state index contributed by atoms with van der Waals surface area (Å²) in [6.07, 6.45) is 3.65. The number of rotatable bonds is 7. The van der Waals surface area contributed by atoms with E-state index in [1.165, 1.54) is 19.0 Å². The number of hydrogen-bond acceptors (Lipinski definition) is 4. The van der Waals surface area contributed by atoms with Crippen molar-refractivity contribution in [1.82, 2.24) is 10.3 Å². The van der Waals surface area contributed by atoms with Gasteiger partial charge in [0.2, 0.25) is 0 Å². The van der Waals surface area contributed by atoms with Gasteiger partial charge in [-0.15, -0.1) is 0 Å². The quantitative estimate of drug-likeness (QED) is 0.839. The normalized spacial score (nSPS) is 15.3. The van der Waals surface area contributed by atoms with Crippen molar-refractivity contribution < 1.29 is 9.13 Å². The van der Waals surface area contributed by atoms with E-state index in [0.29, 0.717) is 19.2 Å². The van der Waals surface area contributed by atoms with E-state index in [9.17, 15) is 4.39 Å². The fourth-order valence-electron chi connectivity index (χ4n) is 2.26. The molecule has 5 heteroatoms. The third-order valence-electron chi connectivity index (χ3n) is 3.51. The van der Waals surface area contributed by atoms with Gasteiger partial charge in [-0.2, -0.15) is 0 Å². The number of aromatic nitrogens is 1.